The summed E-state index contributed by atoms with van der Waals surface area (Å²) < 4.78 is 0. The van der Waals surface area contributed by atoms with Gasteiger partial charge in [0.15, 0.2) is 5.65 Å². The molecule has 0 saturated heterocycles. The van der Waals surface area contributed by atoms with Gasteiger partial charge in [-0.05, 0) is 37.6 Å². The molecule has 0 aliphatic carbocycles. The normalized spacial score (nSPS) is 12.0. The molecular weight excluding hydrogens is 336 g/mol. The number of fused-ring (bicyclic) bond motifs is 2. The van der Waals surface area contributed by atoms with Gasteiger partial charge in [0.05, 0.1) is 23.0 Å². The van der Waals surface area contributed by atoms with Crippen LogP contribution in [-0.2, 0) is 0 Å². The van der Waals surface area contributed by atoms with Crippen LogP contribution >= 0.6 is 0 Å². The van der Waals surface area contributed by atoms with Gasteiger partial charge in [-0.2, -0.15) is 10.4 Å². The van der Waals surface area contributed by atoms with Gasteiger partial charge in [-0.1, -0.05) is 18.2 Å². The van der Waals surface area contributed by atoms with Crippen LogP contribution in [0.5, 0.6) is 0 Å². The Morgan fingerprint density at radius 1 is 1.19 bits per heavy atom. The lowest BCUT2D eigenvalue weighted by Gasteiger charge is -2.18. The molecule has 2 N–H and O–H groups in total. The predicted octanol–water partition coefficient (Wildman–Crippen LogP) is 4.42. The molecule has 4 aromatic rings. The van der Waals surface area contributed by atoms with Crippen molar-refractivity contribution in [1.29, 1.82) is 5.26 Å². The molecule has 27 heavy (non-hydrogen) atoms. The van der Waals surface area contributed by atoms with Crippen LogP contribution < -0.4 is 5.32 Å². The van der Waals surface area contributed by atoms with Crippen LogP contribution in [0.15, 0.2) is 55.0 Å². The van der Waals surface area contributed by atoms with Gasteiger partial charge < -0.3 is 5.32 Å². The van der Waals surface area contributed by atoms with Gasteiger partial charge in [-0.25, -0.2) is 4.98 Å². The number of anilines is 1. The van der Waals surface area contributed by atoms with Gasteiger partial charge in [-0.3, -0.25) is 10.1 Å². The first-order chi connectivity index (χ1) is 13.1. The van der Waals surface area contributed by atoms with E-state index >= 15 is 0 Å². The highest BCUT2D eigenvalue weighted by atomic mass is 15.1. The van der Waals surface area contributed by atoms with E-state index in [1.807, 2.05) is 44.3 Å². The van der Waals surface area contributed by atoms with E-state index in [1.165, 1.54) is 0 Å². The lowest BCUT2D eigenvalue weighted by molar-refractivity contribution is 0.930. The summed E-state index contributed by atoms with van der Waals surface area (Å²) >= 11 is 0. The van der Waals surface area contributed by atoms with E-state index in [4.69, 9.17) is 0 Å². The Balaban J connectivity index is 1.89. The number of pyridine rings is 2. The van der Waals surface area contributed by atoms with Crippen LogP contribution in [-0.4, -0.2) is 26.2 Å². The summed E-state index contributed by atoms with van der Waals surface area (Å²) in [7, 11) is 0. The Kier molecular flexibility index (Phi) is 4.05. The van der Waals surface area contributed by atoms with Gasteiger partial charge in [0.1, 0.15) is 6.07 Å². The third-order valence-corrected chi connectivity index (χ3v) is 4.71. The summed E-state index contributed by atoms with van der Waals surface area (Å²) in [5.74, 6) is 0. The van der Waals surface area contributed by atoms with Crippen LogP contribution in [0.25, 0.3) is 33.1 Å². The van der Waals surface area contributed by atoms with Crippen LogP contribution in [0.4, 0.5) is 5.69 Å². The predicted molar refractivity (Wildman–Crippen MR) is 107 cm³/mol. The van der Waals surface area contributed by atoms with Gasteiger partial charge >= 0.3 is 0 Å². The Morgan fingerprint density at radius 2 is 2.04 bits per heavy atom. The maximum atomic E-state index is 9.54. The smallest absolute Gasteiger partial charge is 0.155 e. The molecule has 0 saturated carbocycles. The number of nitrogens with zero attached hydrogens (tertiary/aromatic N) is 4. The first-order valence-corrected chi connectivity index (χ1v) is 8.61. The molecule has 0 fully saturated rings. The SMILES string of the molecule is C=C(C)C(C)Nc1c(C#N)cnc2ccc(-c3cnc4[nH]ncc4c3)cc12. The van der Waals surface area contributed by atoms with E-state index < -0.39 is 0 Å². The maximum Gasteiger partial charge on any atom is 0.155 e. The number of hydrogen-bond donors (Lipinski definition) is 2. The number of nitrogens with one attached hydrogen (secondary N) is 2. The van der Waals surface area contributed by atoms with Crippen molar-refractivity contribution >= 4 is 27.6 Å². The Labute approximate surface area is 156 Å². The molecule has 1 aromatic carbocycles. The highest BCUT2D eigenvalue weighted by Gasteiger charge is 2.13. The molecule has 0 amide bonds. The number of nitriles is 1. The molecule has 4 rings (SSSR count). The number of hydrogen-bond acceptors (Lipinski definition) is 5. The molecule has 0 radical (unpaired) electrons. The van der Waals surface area contributed by atoms with Crippen molar-refractivity contribution in [3.05, 3.63) is 60.6 Å². The van der Waals surface area contributed by atoms with Gasteiger partial charge in [0.2, 0.25) is 0 Å². The molecule has 0 aliphatic heterocycles. The highest BCUT2D eigenvalue weighted by molar-refractivity contribution is 5.97. The fourth-order valence-corrected chi connectivity index (χ4v) is 2.95. The Bertz CT molecular complexity index is 1210. The quantitative estimate of drug-likeness (QED) is 0.529. The van der Waals surface area contributed by atoms with Crippen molar-refractivity contribution in [2.75, 3.05) is 5.32 Å². The monoisotopic (exact) mass is 354 g/mol. The van der Waals surface area contributed by atoms with Gasteiger partial charge in [0.25, 0.3) is 0 Å². The van der Waals surface area contributed by atoms with Crippen molar-refractivity contribution in [2.24, 2.45) is 0 Å². The molecule has 132 valence electrons. The van der Waals surface area contributed by atoms with E-state index in [0.29, 0.717) is 5.56 Å². The average Bonchev–Trinajstić information content (AvgIpc) is 3.15. The topological polar surface area (TPSA) is 90.3 Å². The summed E-state index contributed by atoms with van der Waals surface area (Å²) in [6.07, 6.45) is 5.17. The van der Waals surface area contributed by atoms with Crippen molar-refractivity contribution in [1.82, 2.24) is 20.2 Å². The largest absolute Gasteiger partial charge is 0.377 e. The zero-order valence-electron chi connectivity index (χ0n) is 15.1. The number of rotatable bonds is 4. The van der Waals surface area contributed by atoms with Gasteiger partial charge in [-0.15, -0.1) is 0 Å². The summed E-state index contributed by atoms with van der Waals surface area (Å²) in [5.41, 5.74) is 5.84. The second-order valence-corrected chi connectivity index (χ2v) is 6.63. The zero-order valence-corrected chi connectivity index (χ0v) is 15.1. The first-order valence-electron chi connectivity index (χ1n) is 8.61. The molecular formula is C21H18N6. The fourth-order valence-electron chi connectivity index (χ4n) is 2.95. The van der Waals surface area contributed by atoms with Crippen molar-refractivity contribution in [3.8, 4) is 17.2 Å². The molecule has 0 aliphatic rings. The minimum Gasteiger partial charge on any atom is -0.377 e. The summed E-state index contributed by atoms with van der Waals surface area (Å²) in [5, 5.41) is 21.7. The van der Waals surface area contributed by atoms with Crippen LogP contribution in [0.2, 0.25) is 0 Å². The second-order valence-electron chi connectivity index (χ2n) is 6.63. The minimum absolute atomic E-state index is 0.0373. The fraction of sp³-hybridized carbons (Fsp3) is 0.143. The van der Waals surface area contributed by atoms with Crippen molar-refractivity contribution < 1.29 is 0 Å². The molecule has 1 unspecified atom stereocenters. The van der Waals surface area contributed by atoms with E-state index in [-0.39, 0.29) is 6.04 Å². The van der Waals surface area contributed by atoms with Crippen LogP contribution in [0, 0.1) is 11.3 Å². The molecule has 0 bridgehead atoms. The molecule has 6 heteroatoms. The summed E-state index contributed by atoms with van der Waals surface area (Å²) in [4.78, 5) is 8.84. The van der Waals surface area contributed by atoms with Crippen molar-refractivity contribution in [3.63, 3.8) is 0 Å². The summed E-state index contributed by atoms with van der Waals surface area (Å²) in [6.45, 7) is 7.98. The van der Waals surface area contributed by atoms with Crippen molar-refractivity contribution in [2.45, 2.75) is 19.9 Å². The van der Waals surface area contributed by atoms with E-state index in [1.54, 1.807) is 12.4 Å². The highest BCUT2D eigenvalue weighted by Crippen LogP contribution is 2.31. The lowest BCUT2D eigenvalue weighted by Crippen LogP contribution is -2.17. The molecule has 0 spiro atoms. The van der Waals surface area contributed by atoms with E-state index in [9.17, 15) is 5.26 Å². The molecule has 1 atom stereocenters. The van der Waals surface area contributed by atoms with E-state index in [0.717, 1.165) is 44.3 Å². The maximum absolute atomic E-state index is 9.54. The first kappa shape index (κ1) is 16.7. The molecule has 3 aromatic heterocycles. The molecule has 6 nitrogen and oxygen atoms in total. The number of H-pyrrole nitrogens is 1. The van der Waals surface area contributed by atoms with Crippen LogP contribution in [0.3, 0.4) is 0 Å². The average molecular weight is 354 g/mol. The van der Waals surface area contributed by atoms with Gasteiger partial charge in [0, 0.05) is 34.8 Å². The zero-order chi connectivity index (χ0) is 19.0. The number of aromatic nitrogens is 4. The third-order valence-electron chi connectivity index (χ3n) is 4.71. The number of benzene rings is 1. The minimum atomic E-state index is 0.0373. The standard InChI is InChI=1S/C21H18N6/c1-12(2)13(3)26-20-17(8-22)10-23-19-5-4-14(7-18(19)20)15-6-16-11-25-27-21(16)24-9-15/h4-7,9-11,13H,1H2,2-3H3,(H,23,26)(H,24,25,27). The number of aromatic amines is 1. The van der Waals surface area contributed by atoms with E-state index in [2.05, 4.69) is 38.1 Å². The second kappa shape index (κ2) is 6.54. The Morgan fingerprint density at radius 3 is 2.81 bits per heavy atom. The van der Waals surface area contributed by atoms with Crippen LogP contribution in [0.1, 0.15) is 19.4 Å². The lowest BCUT2D eigenvalue weighted by atomic mass is 10.0. The Hall–Kier alpha value is -3.72. The molecule has 3 heterocycles. The third kappa shape index (κ3) is 3.00. The summed E-state index contributed by atoms with van der Waals surface area (Å²) in [6, 6.07) is 10.3.